The molecule has 1 amide bonds. The topological polar surface area (TPSA) is 57.3 Å². The van der Waals surface area contributed by atoms with Crippen molar-refractivity contribution in [2.24, 2.45) is 0 Å². The molecule has 0 atom stereocenters. The van der Waals surface area contributed by atoms with Gasteiger partial charge in [-0.05, 0) is 43.2 Å². The fourth-order valence-electron chi connectivity index (χ4n) is 4.04. The van der Waals surface area contributed by atoms with E-state index in [1.54, 1.807) is 11.3 Å². The molecular formula is C23H28N4OS. The van der Waals surface area contributed by atoms with E-state index in [0.717, 1.165) is 41.9 Å². The first-order chi connectivity index (χ1) is 14.1. The van der Waals surface area contributed by atoms with Crippen LogP contribution in [0.15, 0.2) is 47.8 Å². The second-order valence-corrected chi connectivity index (χ2v) is 8.99. The number of thiophene rings is 1. The van der Waals surface area contributed by atoms with Crippen LogP contribution < -0.4 is 15.5 Å². The lowest BCUT2D eigenvalue weighted by atomic mass is 9.91. The number of fused-ring (bicyclic) bond motifs is 1. The Morgan fingerprint density at radius 2 is 1.86 bits per heavy atom. The highest BCUT2D eigenvalue weighted by atomic mass is 32.1. The first-order valence-corrected chi connectivity index (χ1v) is 11.1. The molecule has 3 aromatic rings. The van der Waals surface area contributed by atoms with Crippen LogP contribution in [0.5, 0.6) is 0 Å². The third kappa shape index (κ3) is 4.88. The van der Waals surface area contributed by atoms with Gasteiger partial charge in [0.25, 0.3) is 0 Å². The quantitative estimate of drug-likeness (QED) is 0.633. The number of pyridine rings is 1. The normalized spacial score (nSPS) is 19.1. The molecule has 2 heterocycles. The fourth-order valence-corrected chi connectivity index (χ4v) is 4.75. The molecule has 5 nitrogen and oxygen atoms in total. The molecule has 1 saturated carbocycles. The second kappa shape index (κ2) is 8.82. The maximum atomic E-state index is 12.2. The molecular weight excluding hydrogens is 380 g/mol. The van der Waals surface area contributed by atoms with Crippen LogP contribution in [0.2, 0.25) is 0 Å². The lowest BCUT2D eigenvalue weighted by molar-refractivity contribution is -0.121. The number of nitrogens with one attached hydrogen (secondary N) is 2. The van der Waals surface area contributed by atoms with Crippen molar-refractivity contribution in [3.63, 3.8) is 0 Å². The molecule has 152 valence electrons. The SMILES string of the molecule is CN(C)c1cc(NC2CCC(NC(=O)Cc3cccs3)CC2)nc2ccccc12. The zero-order chi connectivity index (χ0) is 20.2. The van der Waals surface area contributed by atoms with E-state index in [9.17, 15) is 4.79 Å². The molecule has 0 radical (unpaired) electrons. The highest BCUT2D eigenvalue weighted by Crippen LogP contribution is 2.29. The molecule has 0 spiro atoms. The van der Waals surface area contributed by atoms with Gasteiger partial charge >= 0.3 is 0 Å². The maximum absolute atomic E-state index is 12.2. The Hall–Kier alpha value is -2.60. The number of aromatic nitrogens is 1. The summed E-state index contributed by atoms with van der Waals surface area (Å²) in [5.41, 5.74) is 2.18. The van der Waals surface area contributed by atoms with Crippen molar-refractivity contribution in [3.05, 3.63) is 52.7 Å². The summed E-state index contributed by atoms with van der Waals surface area (Å²) < 4.78 is 0. The van der Waals surface area contributed by atoms with Crippen LogP contribution in [0.4, 0.5) is 11.5 Å². The van der Waals surface area contributed by atoms with Crippen molar-refractivity contribution in [1.82, 2.24) is 10.3 Å². The number of carbonyl (C=O) groups excluding carboxylic acids is 1. The van der Waals surface area contributed by atoms with Crippen LogP contribution in [0.3, 0.4) is 0 Å². The monoisotopic (exact) mass is 408 g/mol. The summed E-state index contributed by atoms with van der Waals surface area (Å²) >= 11 is 1.64. The number of rotatable bonds is 6. The van der Waals surface area contributed by atoms with Crippen molar-refractivity contribution >= 4 is 39.7 Å². The second-order valence-electron chi connectivity index (χ2n) is 7.95. The fraction of sp³-hybridized carbons (Fsp3) is 0.391. The molecule has 1 aliphatic carbocycles. The number of amides is 1. The highest BCUT2D eigenvalue weighted by molar-refractivity contribution is 7.10. The predicted octanol–water partition coefficient (Wildman–Crippen LogP) is 4.44. The van der Waals surface area contributed by atoms with E-state index in [0.29, 0.717) is 12.5 Å². The summed E-state index contributed by atoms with van der Waals surface area (Å²) in [7, 11) is 4.13. The van der Waals surface area contributed by atoms with Gasteiger partial charge in [0, 0.05) is 48.2 Å². The summed E-state index contributed by atoms with van der Waals surface area (Å²) in [4.78, 5) is 20.3. The third-order valence-corrected chi connectivity index (χ3v) is 6.41. The summed E-state index contributed by atoms with van der Waals surface area (Å²) in [6, 6.07) is 15.1. The number of hydrogen-bond donors (Lipinski definition) is 2. The van der Waals surface area contributed by atoms with Crippen molar-refractivity contribution < 1.29 is 4.79 Å². The van der Waals surface area contributed by atoms with Gasteiger partial charge in [-0.25, -0.2) is 4.98 Å². The number of para-hydroxylation sites is 1. The van der Waals surface area contributed by atoms with Gasteiger partial charge in [0.05, 0.1) is 11.9 Å². The molecule has 2 N–H and O–H groups in total. The molecule has 0 bridgehead atoms. The summed E-state index contributed by atoms with van der Waals surface area (Å²) in [6.45, 7) is 0. The van der Waals surface area contributed by atoms with Crippen LogP contribution in [0.1, 0.15) is 30.6 Å². The van der Waals surface area contributed by atoms with Crippen LogP contribution in [0, 0.1) is 0 Å². The van der Waals surface area contributed by atoms with E-state index < -0.39 is 0 Å². The molecule has 0 saturated heterocycles. The molecule has 4 rings (SSSR count). The van der Waals surface area contributed by atoms with Crippen molar-refractivity contribution in [2.45, 2.75) is 44.2 Å². The Morgan fingerprint density at radius 1 is 1.10 bits per heavy atom. The average molecular weight is 409 g/mol. The molecule has 2 aromatic heterocycles. The Labute approximate surface area is 176 Å². The molecule has 1 aromatic carbocycles. The van der Waals surface area contributed by atoms with E-state index >= 15 is 0 Å². The average Bonchev–Trinajstić information content (AvgIpc) is 3.21. The van der Waals surface area contributed by atoms with Crippen LogP contribution in [0.25, 0.3) is 10.9 Å². The molecule has 6 heteroatoms. The summed E-state index contributed by atoms with van der Waals surface area (Å²) in [5, 5.41) is 10.0. The predicted molar refractivity (Wildman–Crippen MR) is 122 cm³/mol. The highest BCUT2D eigenvalue weighted by Gasteiger charge is 2.23. The lowest BCUT2D eigenvalue weighted by Crippen LogP contribution is -2.40. The smallest absolute Gasteiger partial charge is 0.225 e. The summed E-state index contributed by atoms with van der Waals surface area (Å²) in [5.74, 6) is 1.06. The van der Waals surface area contributed by atoms with Gasteiger partial charge in [-0.1, -0.05) is 24.3 Å². The van der Waals surface area contributed by atoms with E-state index in [2.05, 4.69) is 53.9 Å². The zero-order valence-electron chi connectivity index (χ0n) is 17.0. The van der Waals surface area contributed by atoms with Gasteiger partial charge in [0.2, 0.25) is 5.91 Å². The largest absolute Gasteiger partial charge is 0.377 e. The van der Waals surface area contributed by atoms with Gasteiger partial charge in [-0.3, -0.25) is 4.79 Å². The van der Waals surface area contributed by atoms with E-state index in [1.165, 1.54) is 11.1 Å². The zero-order valence-corrected chi connectivity index (χ0v) is 17.8. The van der Waals surface area contributed by atoms with Crippen molar-refractivity contribution in [3.8, 4) is 0 Å². The number of nitrogens with zero attached hydrogens (tertiary/aromatic N) is 2. The molecule has 0 unspecified atom stereocenters. The van der Waals surface area contributed by atoms with Crippen LogP contribution in [-0.2, 0) is 11.2 Å². The standard InChI is InChI=1S/C23H28N4OS/c1-27(2)21-15-22(26-20-8-4-3-7-19(20)21)24-16-9-11-17(12-10-16)25-23(28)14-18-6-5-13-29-18/h3-8,13,15-17H,9-12,14H2,1-2H3,(H,24,26)(H,25,28). The van der Waals surface area contributed by atoms with Gasteiger partial charge < -0.3 is 15.5 Å². The summed E-state index contributed by atoms with van der Waals surface area (Å²) in [6.07, 6.45) is 4.57. The van der Waals surface area contributed by atoms with Gasteiger partial charge in [-0.2, -0.15) is 0 Å². The van der Waals surface area contributed by atoms with Crippen LogP contribution >= 0.6 is 11.3 Å². The first kappa shape index (κ1) is 19.7. The van der Waals surface area contributed by atoms with Gasteiger partial charge in [0.15, 0.2) is 0 Å². The first-order valence-electron chi connectivity index (χ1n) is 10.2. The Balaban J connectivity index is 1.34. The molecule has 29 heavy (non-hydrogen) atoms. The van der Waals surface area contributed by atoms with E-state index in [-0.39, 0.29) is 11.9 Å². The lowest BCUT2D eigenvalue weighted by Gasteiger charge is -2.30. The number of anilines is 2. The Morgan fingerprint density at radius 3 is 2.59 bits per heavy atom. The van der Waals surface area contributed by atoms with Gasteiger partial charge in [0.1, 0.15) is 5.82 Å². The minimum Gasteiger partial charge on any atom is -0.377 e. The Bertz CT molecular complexity index is 962. The Kier molecular flexibility index (Phi) is 6.00. The van der Waals surface area contributed by atoms with Crippen molar-refractivity contribution in [2.75, 3.05) is 24.3 Å². The number of carbonyl (C=O) groups is 1. The van der Waals surface area contributed by atoms with Crippen LogP contribution in [-0.4, -0.2) is 37.1 Å². The number of benzene rings is 1. The molecule has 1 aliphatic rings. The number of hydrogen-bond acceptors (Lipinski definition) is 5. The van der Waals surface area contributed by atoms with E-state index in [4.69, 9.17) is 4.98 Å². The molecule has 1 fully saturated rings. The molecule has 0 aliphatic heterocycles. The maximum Gasteiger partial charge on any atom is 0.225 e. The third-order valence-electron chi connectivity index (χ3n) is 5.54. The van der Waals surface area contributed by atoms with Crippen molar-refractivity contribution in [1.29, 1.82) is 0 Å². The van der Waals surface area contributed by atoms with E-state index in [1.807, 2.05) is 23.6 Å². The minimum atomic E-state index is 0.135. The van der Waals surface area contributed by atoms with Gasteiger partial charge in [-0.15, -0.1) is 11.3 Å². The minimum absolute atomic E-state index is 0.135.